The summed E-state index contributed by atoms with van der Waals surface area (Å²) in [5.74, 6) is -0.315. The molecule has 2 rings (SSSR count). The maximum Gasteiger partial charge on any atom is 0.293 e. The van der Waals surface area contributed by atoms with E-state index in [4.69, 9.17) is 4.42 Å². The Hall–Kier alpha value is -2.56. The molecule has 0 saturated carbocycles. The number of hydrogen-bond donors (Lipinski definition) is 1. The summed E-state index contributed by atoms with van der Waals surface area (Å²) in [6, 6.07) is 10.1. The minimum atomic E-state index is -0.304. The summed E-state index contributed by atoms with van der Waals surface area (Å²) in [6.07, 6.45) is 1.44. The maximum absolute atomic E-state index is 12.2. The molecule has 0 bridgehead atoms. The topological polar surface area (TPSA) is 62.6 Å². The molecule has 1 aromatic heterocycles. The fourth-order valence-corrected chi connectivity index (χ4v) is 1.77. The van der Waals surface area contributed by atoms with E-state index in [1.54, 1.807) is 50.5 Å². The first-order chi connectivity index (χ1) is 9.15. The van der Waals surface area contributed by atoms with Crippen LogP contribution in [0.2, 0.25) is 0 Å². The third kappa shape index (κ3) is 2.49. The number of rotatable bonds is 3. The summed E-state index contributed by atoms with van der Waals surface area (Å²) in [7, 11) is 3.15. The molecule has 2 aromatic rings. The molecule has 0 aliphatic rings. The van der Waals surface area contributed by atoms with Crippen LogP contribution in [0.4, 0.5) is 5.69 Å². The minimum Gasteiger partial charge on any atom is -0.459 e. The highest BCUT2D eigenvalue weighted by molar-refractivity contribution is 6.08. The van der Waals surface area contributed by atoms with Crippen molar-refractivity contribution in [3.8, 4) is 0 Å². The van der Waals surface area contributed by atoms with Gasteiger partial charge in [-0.05, 0) is 24.3 Å². The number of para-hydroxylation sites is 1. The van der Waals surface area contributed by atoms with E-state index in [1.165, 1.54) is 11.2 Å². The van der Waals surface area contributed by atoms with Crippen LogP contribution in [-0.4, -0.2) is 25.9 Å². The van der Waals surface area contributed by atoms with Crippen LogP contribution >= 0.6 is 0 Å². The first-order valence-electron chi connectivity index (χ1n) is 5.78. The predicted octanol–water partition coefficient (Wildman–Crippen LogP) is 1.92. The van der Waals surface area contributed by atoms with E-state index >= 15 is 0 Å². The number of nitrogens with zero attached hydrogens (tertiary/aromatic N) is 1. The first kappa shape index (κ1) is 12.9. The van der Waals surface area contributed by atoms with Crippen LogP contribution in [0.3, 0.4) is 0 Å². The quantitative estimate of drug-likeness (QED) is 0.914. The Kier molecular flexibility index (Phi) is 3.66. The lowest BCUT2D eigenvalue weighted by atomic mass is 10.1. The molecule has 0 spiro atoms. The van der Waals surface area contributed by atoms with Gasteiger partial charge in [-0.25, -0.2) is 0 Å². The molecule has 19 heavy (non-hydrogen) atoms. The van der Waals surface area contributed by atoms with E-state index in [0.717, 1.165) is 0 Å². The van der Waals surface area contributed by atoms with Crippen LogP contribution in [0.1, 0.15) is 20.9 Å². The van der Waals surface area contributed by atoms with Crippen molar-refractivity contribution in [2.45, 2.75) is 0 Å². The number of carbonyl (C=O) groups excluding carboxylic acids is 2. The fraction of sp³-hybridized carbons (Fsp3) is 0.143. The second-order valence-electron chi connectivity index (χ2n) is 3.94. The number of hydrogen-bond acceptors (Lipinski definition) is 3. The lowest BCUT2D eigenvalue weighted by molar-refractivity contribution is 0.0962. The summed E-state index contributed by atoms with van der Waals surface area (Å²) in [4.78, 5) is 25.3. The highest BCUT2D eigenvalue weighted by atomic mass is 16.3. The summed E-state index contributed by atoms with van der Waals surface area (Å²) >= 11 is 0. The Morgan fingerprint density at radius 2 is 1.89 bits per heavy atom. The van der Waals surface area contributed by atoms with Crippen LogP contribution in [0.15, 0.2) is 47.1 Å². The predicted molar refractivity (Wildman–Crippen MR) is 71.3 cm³/mol. The number of benzene rings is 1. The van der Waals surface area contributed by atoms with Gasteiger partial charge in [-0.3, -0.25) is 9.59 Å². The summed E-state index contributed by atoms with van der Waals surface area (Å²) in [5, 5.41) is 2.55. The van der Waals surface area contributed by atoms with Gasteiger partial charge in [-0.2, -0.15) is 0 Å². The Morgan fingerprint density at radius 3 is 2.53 bits per heavy atom. The molecule has 0 aliphatic carbocycles. The normalized spacial score (nSPS) is 10.0. The summed E-state index contributed by atoms with van der Waals surface area (Å²) in [5.41, 5.74) is 0.968. The van der Waals surface area contributed by atoms with E-state index in [0.29, 0.717) is 11.3 Å². The lowest BCUT2D eigenvalue weighted by Gasteiger charge is -2.18. The summed E-state index contributed by atoms with van der Waals surface area (Å²) in [6.45, 7) is 0. The molecular weight excluding hydrogens is 244 g/mol. The Balaban J connectivity index is 2.36. The van der Waals surface area contributed by atoms with E-state index in [-0.39, 0.29) is 17.6 Å². The highest BCUT2D eigenvalue weighted by Crippen LogP contribution is 2.21. The molecule has 0 saturated heterocycles. The van der Waals surface area contributed by atoms with Crippen molar-refractivity contribution >= 4 is 17.5 Å². The van der Waals surface area contributed by atoms with E-state index in [2.05, 4.69) is 5.32 Å². The highest BCUT2D eigenvalue weighted by Gasteiger charge is 2.20. The van der Waals surface area contributed by atoms with Crippen molar-refractivity contribution in [1.82, 2.24) is 5.32 Å². The average molecular weight is 258 g/mol. The smallest absolute Gasteiger partial charge is 0.293 e. The molecule has 1 heterocycles. The molecule has 5 heteroatoms. The zero-order valence-electron chi connectivity index (χ0n) is 10.7. The fourth-order valence-electron chi connectivity index (χ4n) is 1.77. The van der Waals surface area contributed by atoms with E-state index < -0.39 is 0 Å². The average Bonchev–Trinajstić information content (AvgIpc) is 2.99. The zero-order chi connectivity index (χ0) is 13.8. The Bertz CT molecular complexity index is 590. The van der Waals surface area contributed by atoms with Gasteiger partial charge in [-0.15, -0.1) is 0 Å². The molecule has 1 N–H and O–H groups in total. The van der Waals surface area contributed by atoms with Gasteiger partial charge < -0.3 is 14.6 Å². The molecular formula is C14H14N2O3. The molecule has 0 atom stereocenters. The number of amides is 2. The van der Waals surface area contributed by atoms with E-state index in [1.807, 2.05) is 0 Å². The second-order valence-corrected chi connectivity index (χ2v) is 3.94. The molecule has 0 fully saturated rings. The lowest BCUT2D eigenvalue weighted by Crippen LogP contribution is -2.29. The van der Waals surface area contributed by atoms with Crippen molar-refractivity contribution in [1.29, 1.82) is 0 Å². The van der Waals surface area contributed by atoms with Gasteiger partial charge >= 0.3 is 0 Å². The van der Waals surface area contributed by atoms with Crippen LogP contribution in [0.25, 0.3) is 0 Å². The Labute approximate surface area is 110 Å². The van der Waals surface area contributed by atoms with Gasteiger partial charge in [0, 0.05) is 14.1 Å². The monoisotopic (exact) mass is 258 g/mol. The SMILES string of the molecule is CNC(=O)c1ccccc1N(C)C(=O)c1ccco1. The van der Waals surface area contributed by atoms with Gasteiger partial charge in [0.25, 0.3) is 11.8 Å². The Morgan fingerprint density at radius 1 is 1.16 bits per heavy atom. The molecule has 1 aromatic carbocycles. The van der Waals surface area contributed by atoms with Gasteiger partial charge in [-0.1, -0.05) is 12.1 Å². The maximum atomic E-state index is 12.2. The second kappa shape index (κ2) is 5.39. The molecule has 0 aliphatic heterocycles. The van der Waals surface area contributed by atoms with Gasteiger partial charge in [0.05, 0.1) is 17.5 Å². The number of furan rings is 1. The van der Waals surface area contributed by atoms with Crippen molar-refractivity contribution in [2.24, 2.45) is 0 Å². The van der Waals surface area contributed by atoms with Crippen molar-refractivity contribution < 1.29 is 14.0 Å². The van der Waals surface area contributed by atoms with Gasteiger partial charge in [0.15, 0.2) is 5.76 Å². The molecule has 98 valence electrons. The molecule has 5 nitrogen and oxygen atoms in total. The zero-order valence-corrected chi connectivity index (χ0v) is 10.7. The van der Waals surface area contributed by atoms with Crippen LogP contribution in [0.5, 0.6) is 0 Å². The van der Waals surface area contributed by atoms with Gasteiger partial charge in [0.1, 0.15) is 0 Å². The van der Waals surface area contributed by atoms with Gasteiger partial charge in [0.2, 0.25) is 0 Å². The van der Waals surface area contributed by atoms with E-state index in [9.17, 15) is 9.59 Å². The molecule has 0 unspecified atom stereocenters. The standard InChI is InChI=1S/C14H14N2O3/c1-15-13(17)10-6-3-4-7-11(10)16(2)14(18)12-8-5-9-19-12/h3-9H,1-2H3,(H,15,17). The van der Waals surface area contributed by atoms with Crippen LogP contribution < -0.4 is 10.2 Å². The van der Waals surface area contributed by atoms with Crippen LogP contribution in [-0.2, 0) is 0 Å². The van der Waals surface area contributed by atoms with Crippen molar-refractivity contribution in [3.05, 3.63) is 54.0 Å². The summed E-state index contributed by atoms with van der Waals surface area (Å²) < 4.78 is 5.07. The number of nitrogens with one attached hydrogen (secondary N) is 1. The first-order valence-corrected chi connectivity index (χ1v) is 5.78. The number of anilines is 1. The molecule has 0 radical (unpaired) electrons. The minimum absolute atomic E-state index is 0.231. The van der Waals surface area contributed by atoms with Crippen LogP contribution in [0, 0.1) is 0 Å². The van der Waals surface area contributed by atoms with Crippen molar-refractivity contribution in [3.63, 3.8) is 0 Å². The third-order valence-electron chi connectivity index (χ3n) is 2.77. The third-order valence-corrected chi connectivity index (χ3v) is 2.77. The largest absolute Gasteiger partial charge is 0.459 e. The van der Waals surface area contributed by atoms with Crippen molar-refractivity contribution in [2.75, 3.05) is 19.0 Å². The number of carbonyl (C=O) groups is 2. The molecule has 2 amide bonds.